The lowest BCUT2D eigenvalue weighted by Crippen LogP contribution is -2.42. The Balaban J connectivity index is 1.61. The monoisotopic (exact) mass is 417 g/mol. The van der Waals surface area contributed by atoms with Gasteiger partial charge in [-0.25, -0.2) is 0 Å². The lowest BCUT2D eigenvalue weighted by Gasteiger charge is -2.32. The van der Waals surface area contributed by atoms with Crippen molar-refractivity contribution in [2.24, 2.45) is 5.73 Å². The van der Waals surface area contributed by atoms with E-state index in [0.29, 0.717) is 25.1 Å². The molecule has 1 aliphatic rings. The predicted molar refractivity (Wildman–Crippen MR) is 104 cm³/mol. The van der Waals surface area contributed by atoms with Gasteiger partial charge in [0, 0.05) is 29.0 Å². The van der Waals surface area contributed by atoms with Crippen molar-refractivity contribution in [1.82, 2.24) is 5.32 Å². The Morgan fingerprint density at radius 1 is 1.35 bits per heavy atom. The number of carbonyl (C=O) groups excluding carboxylic acids is 1. The predicted octanol–water partition coefficient (Wildman–Crippen LogP) is 2.52. The van der Waals surface area contributed by atoms with Crippen LogP contribution in [0, 0.1) is 6.42 Å². The molecule has 2 aromatic rings. The number of rotatable bonds is 7. The number of amides is 1. The standard InChI is InChI=1S/C20H22BrN2O3/c21-14-7-9-18-16(10-14)17(11-19(26-18)20(22)25)23-12-15(24)8-6-13-4-2-1-3-5-13/h1-5,7-10,15,17,19,23-24H,6,11-12H2,(H2,22,25)/t15-,17?,19+/m1/s1. The van der Waals surface area contributed by atoms with E-state index in [0.717, 1.165) is 15.6 Å². The van der Waals surface area contributed by atoms with E-state index in [4.69, 9.17) is 10.5 Å². The van der Waals surface area contributed by atoms with Crippen LogP contribution in [0.3, 0.4) is 0 Å². The summed E-state index contributed by atoms with van der Waals surface area (Å²) < 4.78 is 6.62. The minimum absolute atomic E-state index is 0.117. The third-order valence-electron chi connectivity index (χ3n) is 4.43. The summed E-state index contributed by atoms with van der Waals surface area (Å²) in [6.45, 7) is 0.384. The van der Waals surface area contributed by atoms with Crippen LogP contribution >= 0.6 is 15.9 Å². The molecule has 137 valence electrons. The van der Waals surface area contributed by atoms with Crippen LogP contribution < -0.4 is 15.8 Å². The maximum absolute atomic E-state index is 11.6. The van der Waals surface area contributed by atoms with Gasteiger partial charge in [-0.15, -0.1) is 0 Å². The molecule has 0 spiro atoms. The van der Waals surface area contributed by atoms with Crippen LogP contribution in [-0.4, -0.2) is 29.8 Å². The second kappa shape index (κ2) is 8.66. The van der Waals surface area contributed by atoms with Crippen LogP contribution in [0.5, 0.6) is 5.75 Å². The number of primary amides is 1. The molecule has 1 aliphatic heterocycles. The average molecular weight is 418 g/mol. The number of benzene rings is 2. The Morgan fingerprint density at radius 3 is 2.85 bits per heavy atom. The number of halogens is 1. The summed E-state index contributed by atoms with van der Waals surface area (Å²) in [4.78, 5) is 11.6. The maximum atomic E-state index is 11.6. The van der Waals surface area contributed by atoms with Gasteiger partial charge in [0.15, 0.2) is 6.10 Å². The fourth-order valence-corrected chi connectivity index (χ4v) is 3.42. The molecule has 4 N–H and O–H groups in total. The molecular weight excluding hydrogens is 396 g/mol. The molecule has 0 aliphatic carbocycles. The highest BCUT2D eigenvalue weighted by Crippen LogP contribution is 2.36. The van der Waals surface area contributed by atoms with Gasteiger partial charge in [0.25, 0.3) is 5.91 Å². The van der Waals surface area contributed by atoms with Crippen molar-refractivity contribution in [3.63, 3.8) is 0 Å². The van der Waals surface area contributed by atoms with Crippen molar-refractivity contribution in [2.75, 3.05) is 6.54 Å². The normalized spacial score (nSPS) is 20.1. The number of hydrogen-bond donors (Lipinski definition) is 3. The van der Waals surface area contributed by atoms with Crippen LogP contribution in [0.2, 0.25) is 0 Å². The lowest BCUT2D eigenvalue weighted by molar-refractivity contribution is -0.125. The van der Waals surface area contributed by atoms with E-state index in [1.807, 2.05) is 55.0 Å². The zero-order valence-corrected chi connectivity index (χ0v) is 15.9. The third kappa shape index (κ3) is 4.84. The van der Waals surface area contributed by atoms with E-state index in [2.05, 4.69) is 21.2 Å². The Labute approximate surface area is 161 Å². The number of aliphatic hydroxyl groups excluding tert-OH is 1. The lowest BCUT2D eigenvalue weighted by atomic mass is 9.95. The summed E-state index contributed by atoms with van der Waals surface area (Å²) in [7, 11) is 0. The molecule has 0 saturated carbocycles. The van der Waals surface area contributed by atoms with E-state index >= 15 is 0 Å². The van der Waals surface area contributed by atoms with Crippen molar-refractivity contribution >= 4 is 21.8 Å². The highest BCUT2D eigenvalue weighted by atomic mass is 79.9. The Kier molecular flexibility index (Phi) is 6.29. The van der Waals surface area contributed by atoms with Gasteiger partial charge >= 0.3 is 0 Å². The number of fused-ring (bicyclic) bond motifs is 1. The van der Waals surface area contributed by atoms with Crippen LogP contribution in [0.25, 0.3) is 0 Å². The molecule has 26 heavy (non-hydrogen) atoms. The molecule has 0 saturated heterocycles. The smallest absolute Gasteiger partial charge is 0.258 e. The van der Waals surface area contributed by atoms with Crippen LogP contribution in [0.1, 0.15) is 23.6 Å². The number of hydrogen-bond acceptors (Lipinski definition) is 4. The molecule has 3 rings (SSSR count). The van der Waals surface area contributed by atoms with E-state index in [9.17, 15) is 9.90 Å². The zero-order valence-electron chi connectivity index (χ0n) is 14.3. The third-order valence-corrected chi connectivity index (χ3v) is 4.92. The summed E-state index contributed by atoms with van der Waals surface area (Å²) in [5.41, 5.74) is 7.53. The molecular formula is C20H22BrN2O3. The van der Waals surface area contributed by atoms with E-state index < -0.39 is 18.1 Å². The van der Waals surface area contributed by atoms with Crippen LogP contribution in [0.4, 0.5) is 0 Å². The Morgan fingerprint density at radius 2 is 2.12 bits per heavy atom. The quantitative estimate of drug-likeness (QED) is 0.645. The van der Waals surface area contributed by atoms with E-state index in [1.165, 1.54) is 0 Å². The molecule has 6 heteroatoms. The number of carbonyl (C=O) groups is 1. The summed E-state index contributed by atoms with van der Waals surface area (Å²) in [6.07, 6.45) is 1.73. The number of nitrogens with one attached hydrogen (secondary N) is 1. The van der Waals surface area contributed by atoms with Crippen molar-refractivity contribution < 1.29 is 14.6 Å². The Hall–Kier alpha value is -1.89. The fraction of sp³-hybridized carbons (Fsp3) is 0.300. The average Bonchev–Trinajstić information content (AvgIpc) is 2.65. The molecule has 0 bridgehead atoms. The number of ether oxygens (including phenoxy) is 1. The highest BCUT2D eigenvalue weighted by Gasteiger charge is 2.31. The zero-order chi connectivity index (χ0) is 18.5. The van der Waals surface area contributed by atoms with Crippen LogP contribution in [-0.2, 0) is 11.2 Å². The number of aliphatic hydroxyl groups is 1. The first kappa shape index (κ1) is 18.9. The van der Waals surface area contributed by atoms with Gasteiger partial charge in [-0.2, -0.15) is 0 Å². The minimum atomic E-state index is -0.674. The second-order valence-electron chi connectivity index (χ2n) is 6.38. The molecule has 2 aromatic carbocycles. The van der Waals surface area contributed by atoms with Crippen LogP contribution in [0.15, 0.2) is 53.0 Å². The molecule has 1 unspecified atom stereocenters. The summed E-state index contributed by atoms with van der Waals surface area (Å²) in [5.74, 6) is 0.157. The first-order valence-corrected chi connectivity index (χ1v) is 9.36. The largest absolute Gasteiger partial charge is 0.480 e. The molecule has 3 atom stereocenters. The van der Waals surface area contributed by atoms with Crippen molar-refractivity contribution in [1.29, 1.82) is 0 Å². The first-order valence-electron chi connectivity index (χ1n) is 8.57. The van der Waals surface area contributed by atoms with E-state index in [1.54, 1.807) is 0 Å². The molecule has 1 heterocycles. The van der Waals surface area contributed by atoms with Gasteiger partial charge in [0.1, 0.15) is 5.75 Å². The van der Waals surface area contributed by atoms with Crippen molar-refractivity contribution in [3.8, 4) is 5.75 Å². The second-order valence-corrected chi connectivity index (χ2v) is 7.30. The molecule has 0 fully saturated rings. The van der Waals surface area contributed by atoms with E-state index in [-0.39, 0.29) is 6.04 Å². The number of nitrogens with two attached hydrogens (primary N) is 1. The Bertz CT molecular complexity index is 754. The SMILES string of the molecule is NC(=O)[C@@H]1CC(NC[C@H](O)[CH]Cc2ccccc2)c2cc(Br)ccc2O1. The summed E-state index contributed by atoms with van der Waals surface area (Å²) >= 11 is 3.46. The van der Waals surface area contributed by atoms with Crippen molar-refractivity contribution in [3.05, 3.63) is 70.6 Å². The molecule has 1 amide bonds. The summed E-state index contributed by atoms with van der Waals surface area (Å²) in [5, 5.41) is 13.6. The van der Waals surface area contributed by atoms with Gasteiger partial charge in [0.2, 0.25) is 0 Å². The van der Waals surface area contributed by atoms with Gasteiger partial charge in [-0.05, 0) is 36.6 Å². The maximum Gasteiger partial charge on any atom is 0.258 e. The molecule has 5 nitrogen and oxygen atoms in total. The van der Waals surface area contributed by atoms with Gasteiger partial charge in [-0.1, -0.05) is 46.3 Å². The molecule has 1 radical (unpaired) electrons. The molecule has 0 aromatic heterocycles. The highest BCUT2D eigenvalue weighted by molar-refractivity contribution is 9.10. The van der Waals surface area contributed by atoms with Crippen molar-refractivity contribution in [2.45, 2.75) is 31.1 Å². The fourth-order valence-electron chi connectivity index (χ4n) is 3.04. The van der Waals surface area contributed by atoms with Gasteiger partial charge in [0.05, 0.1) is 6.10 Å². The first-order chi connectivity index (χ1) is 12.5. The summed E-state index contributed by atoms with van der Waals surface area (Å²) in [6, 6.07) is 15.5. The van der Waals surface area contributed by atoms with Gasteiger partial charge in [-0.3, -0.25) is 4.79 Å². The van der Waals surface area contributed by atoms with Gasteiger partial charge < -0.3 is 20.9 Å². The topological polar surface area (TPSA) is 84.6 Å². The minimum Gasteiger partial charge on any atom is -0.480 e.